The zero-order valence-corrected chi connectivity index (χ0v) is 10.7. The highest BCUT2D eigenvalue weighted by atomic mass is 35.5. The maximum Gasteiger partial charge on any atom is 0.237 e. The van der Waals surface area contributed by atoms with E-state index in [2.05, 4.69) is 0 Å². The summed E-state index contributed by atoms with van der Waals surface area (Å²) in [6.45, 7) is 5.62. The van der Waals surface area contributed by atoms with Crippen LogP contribution in [0.4, 0.5) is 0 Å². The van der Waals surface area contributed by atoms with Crippen LogP contribution in [0.3, 0.4) is 0 Å². The summed E-state index contributed by atoms with van der Waals surface area (Å²) < 4.78 is 0. The molecular weight excluding hydrogens is 228 g/mol. The van der Waals surface area contributed by atoms with Gasteiger partial charge in [0.2, 0.25) is 11.8 Å². The molecule has 1 aliphatic heterocycles. The maximum absolute atomic E-state index is 11.5. The lowest BCUT2D eigenvalue weighted by Crippen LogP contribution is -2.51. The van der Waals surface area contributed by atoms with Gasteiger partial charge in [-0.15, -0.1) is 11.6 Å². The molecule has 1 rings (SSSR count). The topological polar surface area (TPSA) is 40.6 Å². The fourth-order valence-electron chi connectivity index (χ4n) is 2.26. The number of likely N-dealkylation sites (N-methyl/N-ethyl adjacent to an activating group) is 1. The first kappa shape index (κ1) is 13.3. The van der Waals surface area contributed by atoms with Crippen LogP contribution in [-0.2, 0) is 9.59 Å². The molecule has 5 heteroatoms. The third kappa shape index (κ3) is 3.11. The maximum atomic E-state index is 11.5. The van der Waals surface area contributed by atoms with Crippen LogP contribution < -0.4 is 0 Å². The van der Waals surface area contributed by atoms with E-state index in [9.17, 15) is 9.59 Å². The molecule has 92 valence electrons. The van der Waals surface area contributed by atoms with Crippen molar-refractivity contribution < 1.29 is 9.59 Å². The van der Waals surface area contributed by atoms with E-state index in [0.29, 0.717) is 13.1 Å². The summed E-state index contributed by atoms with van der Waals surface area (Å²) in [5, 5.41) is 0. The van der Waals surface area contributed by atoms with Gasteiger partial charge in [-0.05, 0) is 19.8 Å². The molecule has 2 amide bonds. The van der Waals surface area contributed by atoms with Crippen LogP contribution in [0, 0.1) is 0 Å². The van der Waals surface area contributed by atoms with Gasteiger partial charge in [-0.25, -0.2) is 0 Å². The molecule has 1 aliphatic rings. The first-order valence-corrected chi connectivity index (χ1v) is 6.24. The van der Waals surface area contributed by atoms with E-state index in [0.717, 1.165) is 19.4 Å². The number of alkyl halides is 1. The number of rotatable bonds is 3. The van der Waals surface area contributed by atoms with Crippen LogP contribution in [0.15, 0.2) is 0 Å². The summed E-state index contributed by atoms with van der Waals surface area (Å²) in [5.41, 5.74) is 0. The second kappa shape index (κ2) is 6.09. The third-order valence-corrected chi connectivity index (χ3v) is 3.28. The van der Waals surface area contributed by atoms with Gasteiger partial charge in [-0.3, -0.25) is 9.59 Å². The lowest BCUT2D eigenvalue weighted by molar-refractivity contribution is -0.137. The Hall–Kier alpha value is -0.770. The second-order valence-corrected chi connectivity index (χ2v) is 4.34. The average molecular weight is 247 g/mol. The second-order valence-electron chi connectivity index (χ2n) is 4.07. The van der Waals surface area contributed by atoms with E-state index in [-0.39, 0.29) is 23.7 Å². The molecule has 1 heterocycles. The molecule has 0 aromatic heterocycles. The zero-order valence-electron chi connectivity index (χ0n) is 9.91. The standard InChI is InChI=1S/C11H19ClN2O2/c1-3-14(9(2)15)10-5-4-6-13(8-10)11(16)7-12/h10H,3-8H2,1-2H3/t10-/m1/s1. The van der Waals surface area contributed by atoms with Crippen molar-refractivity contribution in [3.05, 3.63) is 0 Å². The number of carbonyl (C=O) groups excluding carboxylic acids is 2. The molecule has 0 bridgehead atoms. The van der Waals surface area contributed by atoms with Gasteiger partial charge in [-0.2, -0.15) is 0 Å². The van der Waals surface area contributed by atoms with Crippen molar-refractivity contribution in [1.29, 1.82) is 0 Å². The van der Waals surface area contributed by atoms with Crippen molar-refractivity contribution in [3.63, 3.8) is 0 Å². The van der Waals surface area contributed by atoms with Crippen molar-refractivity contribution in [1.82, 2.24) is 9.80 Å². The van der Waals surface area contributed by atoms with E-state index in [1.807, 2.05) is 11.8 Å². The molecule has 0 N–H and O–H groups in total. The molecule has 0 unspecified atom stereocenters. The minimum absolute atomic E-state index is 0.0267. The fraction of sp³-hybridized carbons (Fsp3) is 0.818. The SMILES string of the molecule is CCN(C(C)=O)[C@@H]1CCCN(C(=O)CCl)C1. The number of piperidine rings is 1. The van der Waals surface area contributed by atoms with Gasteiger partial charge < -0.3 is 9.80 Å². The Morgan fingerprint density at radius 2 is 2.19 bits per heavy atom. The Labute approximate surface area is 102 Å². The van der Waals surface area contributed by atoms with Gasteiger partial charge in [-0.1, -0.05) is 0 Å². The Bertz CT molecular complexity index is 271. The number of nitrogens with zero attached hydrogens (tertiary/aromatic N) is 2. The summed E-state index contributed by atoms with van der Waals surface area (Å²) in [7, 11) is 0. The fourth-order valence-corrected chi connectivity index (χ4v) is 2.43. The van der Waals surface area contributed by atoms with Crippen molar-refractivity contribution in [2.45, 2.75) is 32.7 Å². The number of hydrogen-bond acceptors (Lipinski definition) is 2. The van der Waals surface area contributed by atoms with E-state index in [1.54, 1.807) is 11.8 Å². The zero-order chi connectivity index (χ0) is 12.1. The first-order chi connectivity index (χ1) is 7.60. The summed E-state index contributed by atoms with van der Waals surface area (Å²) >= 11 is 5.54. The lowest BCUT2D eigenvalue weighted by Gasteiger charge is -2.38. The van der Waals surface area contributed by atoms with Gasteiger partial charge in [0, 0.05) is 32.6 Å². The number of amides is 2. The van der Waals surface area contributed by atoms with Crippen molar-refractivity contribution >= 4 is 23.4 Å². The number of halogens is 1. The van der Waals surface area contributed by atoms with E-state index < -0.39 is 0 Å². The highest BCUT2D eigenvalue weighted by Crippen LogP contribution is 2.16. The van der Waals surface area contributed by atoms with Crippen LogP contribution in [0.2, 0.25) is 0 Å². The smallest absolute Gasteiger partial charge is 0.237 e. The predicted octanol–water partition coefficient (Wildman–Crippen LogP) is 1.08. The van der Waals surface area contributed by atoms with Gasteiger partial charge in [0.1, 0.15) is 5.88 Å². The van der Waals surface area contributed by atoms with Crippen LogP contribution in [-0.4, -0.2) is 53.2 Å². The van der Waals surface area contributed by atoms with E-state index >= 15 is 0 Å². The number of carbonyl (C=O) groups is 2. The molecule has 1 saturated heterocycles. The molecule has 1 fully saturated rings. The van der Waals surface area contributed by atoms with Crippen molar-refractivity contribution in [2.24, 2.45) is 0 Å². The number of likely N-dealkylation sites (tertiary alicyclic amines) is 1. The molecule has 0 saturated carbocycles. The first-order valence-electron chi connectivity index (χ1n) is 5.71. The van der Waals surface area contributed by atoms with E-state index in [4.69, 9.17) is 11.6 Å². The van der Waals surface area contributed by atoms with Crippen LogP contribution in [0.5, 0.6) is 0 Å². The molecule has 0 spiro atoms. The monoisotopic (exact) mass is 246 g/mol. The molecule has 1 atom stereocenters. The normalized spacial score (nSPS) is 20.7. The largest absolute Gasteiger partial charge is 0.340 e. The van der Waals surface area contributed by atoms with Gasteiger partial charge in [0.05, 0.1) is 0 Å². The van der Waals surface area contributed by atoms with Gasteiger partial charge in [0.15, 0.2) is 0 Å². The molecule has 0 aliphatic carbocycles. The quantitative estimate of drug-likeness (QED) is 0.700. The Morgan fingerprint density at radius 3 is 2.69 bits per heavy atom. The third-order valence-electron chi connectivity index (χ3n) is 3.05. The molecule has 0 aromatic carbocycles. The van der Waals surface area contributed by atoms with Crippen LogP contribution >= 0.6 is 11.6 Å². The molecule has 0 aromatic rings. The molecular formula is C11H19ClN2O2. The Kier molecular flexibility index (Phi) is 5.06. The average Bonchev–Trinajstić information content (AvgIpc) is 2.29. The molecule has 16 heavy (non-hydrogen) atoms. The highest BCUT2D eigenvalue weighted by Gasteiger charge is 2.27. The summed E-state index contributed by atoms with van der Waals surface area (Å²) in [6, 6.07) is 0.156. The predicted molar refractivity (Wildman–Crippen MR) is 63.4 cm³/mol. The summed E-state index contributed by atoms with van der Waals surface area (Å²) in [6.07, 6.45) is 1.91. The van der Waals surface area contributed by atoms with Gasteiger partial charge in [0.25, 0.3) is 0 Å². The summed E-state index contributed by atoms with van der Waals surface area (Å²) in [4.78, 5) is 26.5. The van der Waals surface area contributed by atoms with Crippen LogP contribution in [0.1, 0.15) is 26.7 Å². The lowest BCUT2D eigenvalue weighted by atomic mass is 10.0. The van der Waals surface area contributed by atoms with Crippen LogP contribution in [0.25, 0.3) is 0 Å². The minimum Gasteiger partial charge on any atom is -0.340 e. The summed E-state index contributed by atoms with van der Waals surface area (Å²) in [5.74, 6) is 0.0671. The number of hydrogen-bond donors (Lipinski definition) is 0. The minimum atomic E-state index is -0.0361. The van der Waals surface area contributed by atoms with Gasteiger partial charge >= 0.3 is 0 Å². The van der Waals surface area contributed by atoms with E-state index in [1.165, 1.54) is 0 Å². The Balaban J connectivity index is 2.62. The van der Waals surface area contributed by atoms with Crippen molar-refractivity contribution in [3.8, 4) is 0 Å². The highest BCUT2D eigenvalue weighted by molar-refractivity contribution is 6.27. The van der Waals surface area contributed by atoms with Crippen molar-refractivity contribution in [2.75, 3.05) is 25.5 Å². The molecule has 0 radical (unpaired) electrons. The molecule has 4 nitrogen and oxygen atoms in total. The Morgan fingerprint density at radius 1 is 1.50 bits per heavy atom.